The molecule has 0 bridgehead atoms. The average molecular weight is 555 g/mol. The molecule has 8 atom stereocenters. The van der Waals surface area contributed by atoms with Crippen LogP contribution in [0.15, 0.2) is 21.3 Å². The summed E-state index contributed by atoms with van der Waals surface area (Å²) in [6.45, 7) is 2.78. The van der Waals surface area contributed by atoms with E-state index >= 15 is 0 Å². The number of benzene rings is 1. The van der Waals surface area contributed by atoms with E-state index in [0.717, 1.165) is 7.11 Å². The van der Waals surface area contributed by atoms with Crippen molar-refractivity contribution < 1.29 is 57.7 Å². The van der Waals surface area contributed by atoms with Gasteiger partial charge >= 0.3 is 11.6 Å². The molecule has 2 aliphatic rings. The highest BCUT2D eigenvalue weighted by Crippen LogP contribution is 2.42. The number of ether oxygens (including phenoxy) is 7. The Balaban J connectivity index is 1.83. The molecule has 2 aromatic rings. The minimum atomic E-state index is -0.993. The van der Waals surface area contributed by atoms with Gasteiger partial charge < -0.3 is 52.9 Å². The molecule has 0 spiro atoms. The molecule has 4 rings (SSSR count). The zero-order chi connectivity index (χ0) is 28.4. The first-order chi connectivity index (χ1) is 18.6. The van der Waals surface area contributed by atoms with Crippen molar-refractivity contribution in [3.05, 3.63) is 33.9 Å². The molecule has 0 amide bonds. The second-order valence-electron chi connectivity index (χ2n) is 9.48. The van der Waals surface area contributed by atoms with Crippen LogP contribution in [0.25, 0.3) is 10.8 Å². The van der Waals surface area contributed by atoms with Crippen molar-refractivity contribution in [3.8, 4) is 11.5 Å². The normalized spacial score (nSPS) is 31.2. The summed E-state index contributed by atoms with van der Waals surface area (Å²) >= 11 is 0. The van der Waals surface area contributed by atoms with Gasteiger partial charge in [0.1, 0.15) is 17.6 Å². The Morgan fingerprint density at radius 3 is 1.95 bits per heavy atom. The maximum atomic E-state index is 13.2. The second kappa shape index (κ2) is 12.2. The number of aliphatic hydroxyl groups excluding tert-OH is 3. The lowest BCUT2D eigenvalue weighted by Crippen LogP contribution is -2.50. The quantitative estimate of drug-likeness (QED) is 0.393. The number of hydrogen-bond acceptors (Lipinski definition) is 13. The Labute approximate surface area is 224 Å². The van der Waals surface area contributed by atoms with Crippen LogP contribution in [0.2, 0.25) is 0 Å². The lowest BCUT2D eigenvalue weighted by molar-refractivity contribution is -0.227. The van der Waals surface area contributed by atoms with Gasteiger partial charge in [0.05, 0.1) is 38.1 Å². The molecule has 13 heteroatoms. The average Bonchev–Trinajstić information content (AvgIpc) is 2.92. The topological polar surface area (TPSA) is 173 Å². The summed E-state index contributed by atoms with van der Waals surface area (Å²) in [6, 6.07) is 2.75. The molecule has 216 valence electrons. The third-order valence-corrected chi connectivity index (χ3v) is 7.00. The van der Waals surface area contributed by atoms with Crippen LogP contribution in [0.5, 0.6) is 11.5 Å². The molecule has 0 aliphatic carbocycles. The highest BCUT2D eigenvalue weighted by atomic mass is 16.7. The molecule has 0 unspecified atom stereocenters. The maximum Gasteiger partial charge on any atom is 0.374 e. The van der Waals surface area contributed by atoms with Crippen molar-refractivity contribution in [2.75, 3.05) is 21.3 Å². The van der Waals surface area contributed by atoms with Gasteiger partial charge in [-0.25, -0.2) is 9.59 Å². The zero-order valence-corrected chi connectivity index (χ0v) is 22.3. The zero-order valence-electron chi connectivity index (χ0n) is 22.3. The van der Waals surface area contributed by atoms with Gasteiger partial charge in [-0.2, -0.15) is 0 Å². The Hall–Kier alpha value is -2.78. The van der Waals surface area contributed by atoms with Crippen LogP contribution in [0.1, 0.15) is 42.8 Å². The summed E-state index contributed by atoms with van der Waals surface area (Å²) < 4.78 is 44.6. The van der Waals surface area contributed by atoms with Gasteiger partial charge in [-0.15, -0.1) is 0 Å². The van der Waals surface area contributed by atoms with E-state index in [4.69, 9.17) is 32.8 Å². The van der Waals surface area contributed by atoms with E-state index in [9.17, 15) is 24.9 Å². The van der Waals surface area contributed by atoms with E-state index in [1.807, 2.05) is 0 Å². The molecule has 0 saturated carbocycles. The van der Waals surface area contributed by atoms with E-state index < -0.39 is 67.4 Å². The van der Waals surface area contributed by atoms with E-state index in [1.165, 1.54) is 26.4 Å². The van der Waals surface area contributed by atoms with Crippen LogP contribution in [0.3, 0.4) is 0 Å². The Kier molecular flexibility index (Phi) is 9.11. The Morgan fingerprint density at radius 2 is 1.46 bits per heavy atom. The van der Waals surface area contributed by atoms with Crippen molar-refractivity contribution in [2.45, 2.75) is 82.5 Å². The van der Waals surface area contributed by atoms with Crippen molar-refractivity contribution in [2.24, 2.45) is 0 Å². The summed E-state index contributed by atoms with van der Waals surface area (Å²) in [6.07, 6.45) is -6.03. The fourth-order valence-electron chi connectivity index (χ4n) is 4.82. The Bertz CT molecular complexity index is 1230. The highest BCUT2D eigenvalue weighted by Gasteiger charge is 2.40. The van der Waals surface area contributed by atoms with Gasteiger partial charge in [-0.05, 0) is 31.4 Å². The predicted octanol–water partition coefficient (Wildman–Crippen LogP) is 0.851. The minimum absolute atomic E-state index is 0.0251. The van der Waals surface area contributed by atoms with E-state index in [2.05, 4.69) is 4.74 Å². The molecule has 1 aromatic carbocycles. The molecule has 13 nitrogen and oxygen atoms in total. The first-order valence-electron chi connectivity index (χ1n) is 12.5. The molecule has 2 fully saturated rings. The predicted molar refractivity (Wildman–Crippen MR) is 133 cm³/mol. The van der Waals surface area contributed by atoms with Crippen molar-refractivity contribution in [1.29, 1.82) is 0 Å². The third kappa shape index (κ3) is 5.89. The van der Waals surface area contributed by atoms with E-state index in [1.54, 1.807) is 13.8 Å². The first kappa shape index (κ1) is 29.2. The third-order valence-electron chi connectivity index (χ3n) is 7.00. The monoisotopic (exact) mass is 554 g/mol. The summed E-state index contributed by atoms with van der Waals surface area (Å²) in [7, 11) is 4.05. The van der Waals surface area contributed by atoms with Gasteiger partial charge in [0.15, 0.2) is 11.5 Å². The lowest BCUT2D eigenvalue weighted by atomic mass is 10.0. The first-order valence-corrected chi connectivity index (χ1v) is 12.5. The van der Waals surface area contributed by atoms with Gasteiger partial charge in [0.2, 0.25) is 18.3 Å². The maximum absolute atomic E-state index is 13.2. The van der Waals surface area contributed by atoms with Crippen LogP contribution in [0.4, 0.5) is 0 Å². The Morgan fingerprint density at radius 1 is 0.923 bits per heavy atom. The summed E-state index contributed by atoms with van der Waals surface area (Å²) in [5, 5.41) is 31.1. The molecule has 2 saturated heterocycles. The second-order valence-corrected chi connectivity index (χ2v) is 9.48. The molecule has 3 heterocycles. The molecule has 3 N–H and O–H groups in total. The van der Waals surface area contributed by atoms with Crippen LogP contribution >= 0.6 is 0 Å². The van der Waals surface area contributed by atoms with Crippen LogP contribution in [-0.2, 0) is 30.3 Å². The fourth-order valence-corrected chi connectivity index (χ4v) is 4.82. The number of fused-ring (bicyclic) bond motifs is 1. The van der Waals surface area contributed by atoms with Crippen LogP contribution < -0.4 is 15.1 Å². The minimum Gasteiger partial charge on any atom is -0.463 e. The largest absolute Gasteiger partial charge is 0.463 e. The number of rotatable bonds is 8. The number of hydrogen-bond donors (Lipinski definition) is 3. The summed E-state index contributed by atoms with van der Waals surface area (Å²) in [4.78, 5) is 25.3. The molecule has 39 heavy (non-hydrogen) atoms. The lowest BCUT2D eigenvalue weighted by Gasteiger charge is -2.38. The van der Waals surface area contributed by atoms with Crippen molar-refractivity contribution >= 4 is 16.7 Å². The molecular weight excluding hydrogens is 520 g/mol. The summed E-state index contributed by atoms with van der Waals surface area (Å²) in [5.74, 6) is -1.35. The number of esters is 1. The molecule has 2 aliphatic heterocycles. The van der Waals surface area contributed by atoms with E-state index in [0.29, 0.717) is 0 Å². The van der Waals surface area contributed by atoms with Crippen molar-refractivity contribution in [3.63, 3.8) is 0 Å². The standard InChI is InChI=1S/C26H34O13/c1-11-21(28)15(32-3)8-18(35-11)38-23-14(10-27)6-13-7-17(25(30)34-5)37-26(31)20(13)24(23)39-19-9-16(33-4)22(29)12(2)36-19/h6-7,11-12,15-16,18-19,21-22,27-29H,8-10H2,1-5H3/t11-,12-,15+,16+,18-,19-,21-,22-/m1/s1. The van der Waals surface area contributed by atoms with Gasteiger partial charge in [0, 0.05) is 32.6 Å². The van der Waals surface area contributed by atoms with Gasteiger partial charge in [-0.1, -0.05) is 0 Å². The van der Waals surface area contributed by atoms with Gasteiger partial charge in [-0.3, -0.25) is 0 Å². The molecule has 1 aromatic heterocycles. The number of carbonyl (C=O) groups excluding carboxylic acids is 1. The number of aliphatic hydroxyl groups is 3. The van der Waals surface area contributed by atoms with Crippen molar-refractivity contribution in [1.82, 2.24) is 0 Å². The SMILES string of the molecule is COC(=O)c1cc2cc(CO)c(O[C@@H]3C[C@H](OC)[C@H](O)[C@@H](C)O3)c(O[C@@H]3C[C@H](OC)[C@H](O)[C@@H](C)O3)c2c(=O)o1. The smallest absolute Gasteiger partial charge is 0.374 e. The van der Waals surface area contributed by atoms with Crippen LogP contribution in [0, 0.1) is 0 Å². The van der Waals surface area contributed by atoms with Crippen LogP contribution in [-0.4, -0.2) is 91.8 Å². The molecular formula is C26H34O13. The molecule has 0 radical (unpaired) electrons. The highest BCUT2D eigenvalue weighted by molar-refractivity contribution is 5.95. The van der Waals surface area contributed by atoms with E-state index in [-0.39, 0.29) is 46.4 Å². The number of carbonyl (C=O) groups is 1. The summed E-state index contributed by atoms with van der Waals surface area (Å²) in [5.41, 5.74) is -0.713. The number of methoxy groups -OCH3 is 3. The van der Waals surface area contributed by atoms with Gasteiger partial charge in [0.25, 0.3) is 0 Å². The fraction of sp³-hybridized carbons (Fsp3) is 0.615.